The Bertz CT molecular complexity index is 775. The Morgan fingerprint density at radius 3 is 2.73 bits per heavy atom. The van der Waals surface area contributed by atoms with Gasteiger partial charge in [0.1, 0.15) is 5.78 Å². The number of hydrogen-bond acceptors (Lipinski definition) is 2. The Morgan fingerprint density at radius 1 is 1.31 bits per heavy atom. The lowest BCUT2D eigenvalue weighted by molar-refractivity contribution is -0.134. The fourth-order valence-electron chi connectivity index (χ4n) is 6.82. The van der Waals surface area contributed by atoms with E-state index in [1.165, 1.54) is 11.1 Å². The third-order valence-electron chi connectivity index (χ3n) is 8.82. The Labute approximate surface area is 170 Å². The number of allylic oxidation sites excluding steroid dienone is 6. The molecule has 4 rings (SSSR count). The highest BCUT2D eigenvalue weighted by Crippen LogP contribution is 2.69. The fraction of sp³-hybridized carbons (Fsp3) is 0.652. The van der Waals surface area contributed by atoms with Gasteiger partial charge in [0.15, 0.2) is 5.78 Å². The van der Waals surface area contributed by atoms with Crippen LogP contribution in [-0.4, -0.2) is 16.0 Å². The number of halogens is 1. The van der Waals surface area contributed by atoms with Crippen molar-refractivity contribution in [3.8, 4) is 0 Å². The highest BCUT2D eigenvalue weighted by molar-refractivity contribution is 14.1. The zero-order chi connectivity index (χ0) is 18.9. The van der Waals surface area contributed by atoms with Crippen LogP contribution in [0.4, 0.5) is 0 Å². The Balaban J connectivity index is 1.79. The SMILES string of the molecule is CC1C[C@H]2[C@@H]3CCC4=CC(=O)C=C[C@]4(C)C3=CC[C@]2(C)[C@@]1(C)C(=O)CI. The van der Waals surface area contributed by atoms with Gasteiger partial charge in [-0.15, -0.1) is 0 Å². The molecule has 1 unspecified atom stereocenters. The van der Waals surface area contributed by atoms with Crippen molar-refractivity contribution in [2.45, 2.75) is 53.4 Å². The number of alkyl halides is 1. The molecule has 140 valence electrons. The molecule has 4 aliphatic carbocycles. The molecule has 0 bridgehead atoms. The number of rotatable bonds is 2. The van der Waals surface area contributed by atoms with Crippen molar-refractivity contribution in [1.82, 2.24) is 0 Å². The van der Waals surface area contributed by atoms with Gasteiger partial charge in [-0.3, -0.25) is 9.59 Å². The van der Waals surface area contributed by atoms with E-state index in [1.807, 2.05) is 6.08 Å². The predicted octanol–water partition coefficient (Wildman–Crippen LogP) is 5.47. The van der Waals surface area contributed by atoms with Crippen molar-refractivity contribution < 1.29 is 9.59 Å². The Morgan fingerprint density at radius 2 is 2.04 bits per heavy atom. The average Bonchev–Trinajstić information content (AvgIpc) is 2.83. The van der Waals surface area contributed by atoms with Gasteiger partial charge in [-0.1, -0.05) is 66.7 Å². The highest BCUT2D eigenvalue weighted by atomic mass is 127. The highest BCUT2D eigenvalue weighted by Gasteiger charge is 2.64. The van der Waals surface area contributed by atoms with E-state index in [2.05, 4.69) is 62.4 Å². The van der Waals surface area contributed by atoms with Crippen LogP contribution in [0.2, 0.25) is 0 Å². The minimum atomic E-state index is -0.226. The van der Waals surface area contributed by atoms with Crippen molar-refractivity contribution >= 4 is 34.2 Å². The molecule has 0 aliphatic heterocycles. The maximum absolute atomic E-state index is 13.0. The largest absolute Gasteiger partial charge is 0.298 e. The van der Waals surface area contributed by atoms with Crippen LogP contribution in [0, 0.1) is 34.0 Å². The molecule has 0 aromatic heterocycles. The summed E-state index contributed by atoms with van der Waals surface area (Å²) in [6, 6.07) is 0. The van der Waals surface area contributed by atoms with Gasteiger partial charge in [-0.05, 0) is 67.9 Å². The third-order valence-corrected chi connectivity index (χ3v) is 9.51. The minimum Gasteiger partial charge on any atom is -0.298 e. The van der Waals surface area contributed by atoms with Crippen LogP contribution in [0.25, 0.3) is 0 Å². The summed E-state index contributed by atoms with van der Waals surface area (Å²) >= 11 is 2.25. The molecular formula is C23H29IO2. The lowest BCUT2D eigenvalue weighted by atomic mass is 9.49. The van der Waals surface area contributed by atoms with E-state index in [0.29, 0.717) is 28.0 Å². The molecule has 0 radical (unpaired) electrons. The average molecular weight is 464 g/mol. The number of carbonyl (C=O) groups excluding carboxylic acids is 2. The van der Waals surface area contributed by atoms with E-state index in [0.717, 1.165) is 25.7 Å². The van der Waals surface area contributed by atoms with Crippen molar-refractivity contribution in [2.24, 2.45) is 34.0 Å². The minimum absolute atomic E-state index is 0.0502. The lowest BCUT2D eigenvalue weighted by Crippen LogP contribution is -2.50. The maximum atomic E-state index is 13.0. The number of hydrogen-bond donors (Lipinski definition) is 0. The topological polar surface area (TPSA) is 34.1 Å². The second kappa shape index (κ2) is 5.89. The molecular weight excluding hydrogens is 435 g/mol. The van der Waals surface area contributed by atoms with Gasteiger partial charge in [0.05, 0.1) is 4.43 Å². The maximum Gasteiger partial charge on any atom is 0.178 e. The summed E-state index contributed by atoms with van der Waals surface area (Å²) in [5.41, 5.74) is 2.53. The summed E-state index contributed by atoms with van der Waals surface area (Å²) in [5, 5.41) is 0. The van der Waals surface area contributed by atoms with E-state index in [1.54, 1.807) is 6.08 Å². The molecule has 4 aliphatic rings. The lowest BCUT2D eigenvalue weighted by Gasteiger charge is -2.54. The van der Waals surface area contributed by atoms with Crippen LogP contribution in [0.5, 0.6) is 0 Å². The number of carbonyl (C=O) groups is 2. The summed E-state index contributed by atoms with van der Waals surface area (Å²) in [4.78, 5) is 24.9. The quantitative estimate of drug-likeness (QED) is 0.309. The molecule has 6 atom stereocenters. The second-order valence-electron chi connectivity index (χ2n) is 9.54. The first-order valence-electron chi connectivity index (χ1n) is 9.92. The molecule has 0 aromatic rings. The molecule has 0 saturated heterocycles. The van der Waals surface area contributed by atoms with E-state index in [4.69, 9.17) is 0 Å². The third kappa shape index (κ3) is 2.15. The van der Waals surface area contributed by atoms with E-state index in [9.17, 15) is 9.59 Å². The molecule has 2 nitrogen and oxygen atoms in total. The molecule has 0 N–H and O–H groups in total. The second-order valence-corrected chi connectivity index (χ2v) is 10.3. The van der Waals surface area contributed by atoms with E-state index in [-0.39, 0.29) is 22.0 Å². The fourth-order valence-corrected chi connectivity index (χ4v) is 7.61. The van der Waals surface area contributed by atoms with E-state index < -0.39 is 0 Å². The molecule has 0 amide bonds. The number of ketones is 2. The number of fused-ring (bicyclic) bond motifs is 5. The van der Waals surface area contributed by atoms with Crippen molar-refractivity contribution in [3.05, 3.63) is 35.5 Å². The van der Waals surface area contributed by atoms with Gasteiger partial charge >= 0.3 is 0 Å². The first-order chi connectivity index (χ1) is 12.2. The summed E-state index contributed by atoms with van der Waals surface area (Å²) in [5.74, 6) is 2.10. The number of Topliss-reactive ketones (excluding diaryl/α,β-unsaturated/α-hetero) is 1. The standard InChI is InChI=1S/C23H29IO2/c1-14-11-19-17-6-5-15-12-16(25)7-9-21(15,2)18(17)8-10-22(19,3)23(14,4)20(26)13-24/h7-9,12,14,17,19H,5-6,10-11,13H2,1-4H3/t14?,17-,19+,21+,22+,23-/m1/s1. The van der Waals surface area contributed by atoms with Gasteiger partial charge in [-0.25, -0.2) is 0 Å². The summed E-state index contributed by atoms with van der Waals surface area (Å²) < 4.78 is 0.609. The van der Waals surface area contributed by atoms with Gasteiger partial charge < -0.3 is 0 Å². The van der Waals surface area contributed by atoms with Gasteiger partial charge in [0.2, 0.25) is 0 Å². The summed E-state index contributed by atoms with van der Waals surface area (Å²) in [6.07, 6.45) is 12.5. The molecule has 2 fully saturated rings. The first-order valence-corrected chi connectivity index (χ1v) is 11.4. The zero-order valence-corrected chi connectivity index (χ0v) is 18.4. The van der Waals surface area contributed by atoms with Crippen LogP contribution in [0.15, 0.2) is 35.5 Å². The van der Waals surface area contributed by atoms with Crippen LogP contribution in [0.1, 0.15) is 53.4 Å². The zero-order valence-electron chi connectivity index (χ0n) is 16.3. The summed E-state index contributed by atoms with van der Waals surface area (Å²) in [7, 11) is 0. The Hall–Kier alpha value is -0.710. The van der Waals surface area contributed by atoms with Crippen LogP contribution in [-0.2, 0) is 9.59 Å². The van der Waals surface area contributed by atoms with Crippen molar-refractivity contribution in [3.63, 3.8) is 0 Å². The van der Waals surface area contributed by atoms with E-state index >= 15 is 0 Å². The van der Waals surface area contributed by atoms with Crippen molar-refractivity contribution in [2.75, 3.05) is 4.43 Å². The molecule has 2 saturated carbocycles. The van der Waals surface area contributed by atoms with Gasteiger partial charge in [-0.2, -0.15) is 0 Å². The molecule has 0 aromatic carbocycles. The Kier molecular flexibility index (Phi) is 4.22. The van der Waals surface area contributed by atoms with Gasteiger partial charge in [0.25, 0.3) is 0 Å². The normalized spacial score (nSPS) is 46.8. The van der Waals surface area contributed by atoms with Crippen molar-refractivity contribution in [1.29, 1.82) is 0 Å². The molecule has 3 heteroatoms. The monoisotopic (exact) mass is 464 g/mol. The molecule has 0 heterocycles. The van der Waals surface area contributed by atoms with Gasteiger partial charge in [0, 0.05) is 10.8 Å². The summed E-state index contributed by atoms with van der Waals surface area (Å²) in [6.45, 7) is 9.21. The molecule has 26 heavy (non-hydrogen) atoms. The van der Waals surface area contributed by atoms with Crippen LogP contribution < -0.4 is 0 Å². The smallest absolute Gasteiger partial charge is 0.178 e. The molecule has 0 spiro atoms. The predicted molar refractivity (Wildman–Crippen MR) is 113 cm³/mol. The van der Waals surface area contributed by atoms with Crippen LogP contribution >= 0.6 is 22.6 Å². The van der Waals surface area contributed by atoms with Crippen LogP contribution in [0.3, 0.4) is 0 Å². The first kappa shape index (κ1) is 18.6.